The number of sulfone groups is 1. The Bertz CT molecular complexity index is 307. The molecule has 3 nitrogen and oxygen atoms in total. The van der Waals surface area contributed by atoms with Gasteiger partial charge in [-0.1, -0.05) is 13.8 Å². The van der Waals surface area contributed by atoms with Gasteiger partial charge in [-0.25, -0.2) is 8.42 Å². The van der Waals surface area contributed by atoms with Crippen LogP contribution in [0, 0.1) is 5.92 Å². The van der Waals surface area contributed by atoms with Crippen molar-refractivity contribution in [2.75, 3.05) is 5.75 Å². The third kappa shape index (κ3) is 4.78. The predicted octanol–water partition coefficient (Wildman–Crippen LogP) is 2.21. The van der Waals surface area contributed by atoms with Gasteiger partial charge in [0.2, 0.25) is 0 Å². The van der Waals surface area contributed by atoms with Crippen LogP contribution >= 0.6 is 0 Å². The SMILES string of the molecule is CC(C)C(=O)CCCS(=O)(=O)C(C)(C)C. The van der Waals surface area contributed by atoms with E-state index in [1.807, 2.05) is 13.8 Å². The summed E-state index contributed by atoms with van der Waals surface area (Å²) in [7, 11) is -3.07. The minimum absolute atomic E-state index is 0.00217. The van der Waals surface area contributed by atoms with E-state index in [-0.39, 0.29) is 17.5 Å². The normalized spacial score (nSPS) is 13.2. The van der Waals surface area contributed by atoms with E-state index in [1.54, 1.807) is 20.8 Å². The van der Waals surface area contributed by atoms with Crippen LogP contribution in [-0.4, -0.2) is 24.7 Å². The summed E-state index contributed by atoms with van der Waals surface area (Å²) in [4.78, 5) is 11.3. The van der Waals surface area contributed by atoms with Crippen LogP contribution in [0.1, 0.15) is 47.5 Å². The summed E-state index contributed by atoms with van der Waals surface area (Å²) < 4.78 is 22.7. The van der Waals surface area contributed by atoms with Crippen molar-refractivity contribution >= 4 is 15.6 Å². The Morgan fingerprint density at radius 3 is 2.00 bits per heavy atom. The molecule has 0 heterocycles. The van der Waals surface area contributed by atoms with E-state index in [4.69, 9.17) is 0 Å². The van der Waals surface area contributed by atoms with E-state index in [1.165, 1.54) is 0 Å². The van der Waals surface area contributed by atoms with Gasteiger partial charge in [0.05, 0.1) is 10.5 Å². The summed E-state index contributed by atoms with van der Waals surface area (Å²) in [6.45, 7) is 8.73. The first-order valence-corrected chi connectivity index (χ1v) is 6.98. The Balaban J connectivity index is 4.15. The monoisotopic (exact) mass is 234 g/mol. The average Bonchev–Trinajstić information content (AvgIpc) is 2.01. The zero-order valence-corrected chi connectivity index (χ0v) is 11.1. The zero-order valence-electron chi connectivity index (χ0n) is 10.3. The molecule has 0 rings (SSSR count). The van der Waals surface area contributed by atoms with Crippen molar-refractivity contribution < 1.29 is 13.2 Å². The van der Waals surface area contributed by atoms with Gasteiger partial charge in [-0.05, 0) is 27.2 Å². The molecule has 0 fully saturated rings. The lowest BCUT2D eigenvalue weighted by Crippen LogP contribution is -2.30. The molecule has 4 heteroatoms. The van der Waals surface area contributed by atoms with Crippen molar-refractivity contribution in [1.29, 1.82) is 0 Å². The topological polar surface area (TPSA) is 51.2 Å². The van der Waals surface area contributed by atoms with Gasteiger partial charge >= 0.3 is 0 Å². The summed E-state index contributed by atoms with van der Waals surface area (Å²) in [6, 6.07) is 0. The average molecular weight is 234 g/mol. The van der Waals surface area contributed by atoms with Crippen LogP contribution in [0.4, 0.5) is 0 Å². The van der Waals surface area contributed by atoms with Gasteiger partial charge in [-0.3, -0.25) is 4.79 Å². The predicted molar refractivity (Wildman–Crippen MR) is 62.6 cm³/mol. The number of Topliss-reactive ketones (excluding diaryl/α,β-unsaturated/α-hetero) is 1. The Labute approximate surface area is 93.2 Å². The second-order valence-electron chi connectivity index (χ2n) is 5.16. The van der Waals surface area contributed by atoms with Crippen molar-refractivity contribution in [3.63, 3.8) is 0 Å². The number of hydrogen-bond acceptors (Lipinski definition) is 3. The maximum absolute atomic E-state index is 11.7. The fourth-order valence-corrected chi connectivity index (χ4v) is 2.17. The standard InChI is InChI=1S/C11H22O3S/c1-9(2)10(12)7-6-8-15(13,14)11(3,4)5/h9H,6-8H2,1-5H3. The number of rotatable bonds is 5. The third-order valence-electron chi connectivity index (χ3n) is 2.41. The van der Waals surface area contributed by atoms with Gasteiger partial charge < -0.3 is 0 Å². The van der Waals surface area contributed by atoms with Crippen molar-refractivity contribution in [3.8, 4) is 0 Å². The van der Waals surface area contributed by atoms with E-state index >= 15 is 0 Å². The third-order valence-corrected chi connectivity index (χ3v) is 5.11. The summed E-state index contributed by atoms with van der Waals surface area (Å²) in [5, 5.41) is 0. The summed E-state index contributed by atoms with van der Waals surface area (Å²) in [6.07, 6.45) is 0.809. The van der Waals surface area contributed by atoms with Crippen LogP contribution in [0.2, 0.25) is 0 Å². The van der Waals surface area contributed by atoms with Crippen molar-refractivity contribution in [1.82, 2.24) is 0 Å². The minimum Gasteiger partial charge on any atom is -0.299 e. The van der Waals surface area contributed by atoms with Crippen LogP contribution in [-0.2, 0) is 14.6 Å². The van der Waals surface area contributed by atoms with Crippen LogP contribution in [0.5, 0.6) is 0 Å². The highest BCUT2D eigenvalue weighted by atomic mass is 32.2. The first-order chi connectivity index (χ1) is 6.58. The fraction of sp³-hybridized carbons (Fsp3) is 0.909. The minimum atomic E-state index is -3.07. The van der Waals surface area contributed by atoms with E-state index in [9.17, 15) is 13.2 Å². The Kier molecular flexibility index (Phi) is 4.97. The first kappa shape index (κ1) is 14.6. The molecule has 0 saturated heterocycles. The highest BCUT2D eigenvalue weighted by Gasteiger charge is 2.28. The molecule has 0 aliphatic carbocycles. The van der Waals surface area contributed by atoms with Crippen molar-refractivity contribution in [3.05, 3.63) is 0 Å². The molecule has 0 saturated carbocycles. The zero-order chi connectivity index (χ0) is 12.3. The van der Waals surface area contributed by atoms with Crippen LogP contribution in [0.3, 0.4) is 0 Å². The van der Waals surface area contributed by atoms with E-state index in [2.05, 4.69) is 0 Å². The number of hydrogen-bond donors (Lipinski definition) is 0. The Morgan fingerprint density at radius 2 is 1.67 bits per heavy atom. The second-order valence-corrected chi connectivity index (χ2v) is 8.02. The van der Waals surface area contributed by atoms with Gasteiger partial charge in [0.1, 0.15) is 5.78 Å². The molecule has 0 N–H and O–H groups in total. The smallest absolute Gasteiger partial charge is 0.155 e. The highest BCUT2D eigenvalue weighted by molar-refractivity contribution is 7.92. The molecule has 0 spiro atoms. The Morgan fingerprint density at radius 1 is 1.20 bits per heavy atom. The van der Waals surface area contributed by atoms with Crippen molar-refractivity contribution in [2.45, 2.75) is 52.2 Å². The molecule has 0 amide bonds. The van der Waals surface area contributed by atoms with Crippen LogP contribution in [0.15, 0.2) is 0 Å². The molecule has 0 aromatic carbocycles. The lowest BCUT2D eigenvalue weighted by atomic mass is 10.1. The maximum Gasteiger partial charge on any atom is 0.155 e. The summed E-state index contributed by atoms with van der Waals surface area (Å²) in [5.74, 6) is 0.246. The molecule has 0 radical (unpaired) electrons. The molecule has 0 atom stereocenters. The van der Waals surface area contributed by atoms with Gasteiger partial charge in [-0.2, -0.15) is 0 Å². The lowest BCUT2D eigenvalue weighted by molar-refractivity contribution is -0.121. The molecule has 0 aromatic rings. The van der Waals surface area contributed by atoms with Crippen LogP contribution in [0.25, 0.3) is 0 Å². The second kappa shape index (κ2) is 5.10. The molecular weight excluding hydrogens is 212 g/mol. The summed E-state index contributed by atoms with van der Waals surface area (Å²) in [5.41, 5.74) is 0. The molecule has 0 unspecified atom stereocenters. The molecule has 0 bridgehead atoms. The largest absolute Gasteiger partial charge is 0.299 e. The highest BCUT2D eigenvalue weighted by Crippen LogP contribution is 2.17. The summed E-state index contributed by atoms with van der Waals surface area (Å²) >= 11 is 0. The lowest BCUT2D eigenvalue weighted by Gasteiger charge is -2.18. The Hall–Kier alpha value is -0.380. The van der Waals surface area contributed by atoms with Gasteiger partial charge in [0.15, 0.2) is 9.84 Å². The molecule has 0 aromatic heterocycles. The molecule has 0 aliphatic heterocycles. The number of ketones is 1. The molecule has 90 valence electrons. The first-order valence-electron chi connectivity index (χ1n) is 5.33. The molecular formula is C11H22O3S. The maximum atomic E-state index is 11.7. The fourth-order valence-electron chi connectivity index (χ4n) is 1.03. The van der Waals surface area contributed by atoms with E-state index in [0.29, 0.717) is 12.8 Å². The van der Waals surface area contributed by atoms with Crippen molar-refractivity contribution in [2.24, 2.45) is 5.92 Å². The van der Waals surface area contributed by atoms with E-state index in [0.717, 1.165) is 0 Å². The van der Waals surface area contributed by atoms with Crippen LogP contribution < -0.4 is 0 Å². The van der Waals surface area contributed by atoms with E-state index < -0.39 is 14.6 Å². The molecule has 0 aliphatic rings. The van der Waals surface area contributed by atoms with Gasteiger partial charge in [-0.15, -0.1) is 0 Å². The number of carbonyl (C=O) groups is 1. The van der Waals surface area contributed by atoms with Gasteiger partial charge in [0.25, 0.3) is 0 Å². The van der Waals surface area contributed by atoms with Gasteiger partial charge in [0, 0.05) is 12.3 Å². The molecule has 15 heavy (non-hydrogen) atoms. The quantitative estimate of drug-likeness (QED) is 0.733. The number of carbonyl (C=O) groups excluding carboxylic acids is 1.